The third-order valence-corrected chi connectivity index (χ3v) is 4.70. The van der Waals surface area contributed by atoms with Gasteiger partial charge >= 0.3 is 0 Å². The summed E-state index contributed by atoms with van der Waals surface area (Å²) in [7, 11) is 0. The van der Waals surface area contributed by atoms with E-state index in [9.17, 15) is 9.59 Å². The molecule has 1 atom stereocenters. The van der Waals surface area contributed by atoms with Crippen molar-refractivity contribution in [1.29, 1.82) is 0 Å². The second-order valence-electron chi connectivity index (χ2n) is 6.40. The van der Waals surface area contributed by atoms with E-state index in [0.29, 0.717) is 11.9 Å². The summed E-state index contributed by atoms with van der Waals surface area (Å²) >= 11 is 0. The maximum absolute atomic E-state index is 12.5. The van der Waals surface area contributed by atoms with E-state index in [1.807, 2.05) is 29.7 Å². The van der Waals surface area contributed by atoms with Crippen LogP contribution < -0.4 is 10.7 Å². The Labute approximate surface area is 144 Å². The lowest BCUT2D eigenvalue weighted by Crippen LogP contribution is -2.42. The van der Waals surface area contributed by atoms with Gasteiger partial charge < -0.3 is 14.5 Å². The Hall–Kier alpha value is -2.96. The van der Waals surface area contributed by atoms with E-state index in [-0.39, 0.29) is 23.9 Å². The van der Waals surface area contributed by atoms with E-state index in [0.717, 1.165) is 30.0 Å². The number of rotatable bonds is 3. The molecule has 0 saturated carbocycles. The molecule has 1 aliphatic heterocycles. The number of amides is 1. The smallest absolute Gasteiger partial charge is 0.240 e. The van der Waals surface area contributed by atoms with Crippen LogP contribution in [0.5, 0.6) is 0 Å². The molecule has 0 fully saturated rings. The summed E-state index contributed by atoms with van der Waals surface area (Å²) in [6.07, 6.45) is 3.34. The van der Waals surface area contributed by atoms with Crippen molar-refractivity contribution in [3.63, 3.8) is 0 Å². The van der Waals surface area contributed by atoms with Gasteiger partial charge in [0.2, 0.25) is 5.91 Å². The highest BCUT2D eigenvalue weighted by molar-refractivity contribution is 5.82. The van der Waals surface area contributed by atoms with E-state index in [1.54, 1.807) is 12.3 Å². The fourth-order valence-corrected chi connectivity index (χ4v) is 3.41. The van der Waals surface area contributed by atoms with Gasteiger partial charge in [0, 0.05) is 36.7 Å². The van der Waals surface area contributed by atoms with Gasteiger partial charge in [0.05, 0.1) is 5.52 Å². The van der Waals surface area contributed by atoms with Crippen molar-refractivity contribution in [3.8, 4) is 0 Å². The molecular weight excluding hydrogens is 318 g/mol. The minimum absolute atomic E-state index is 0.0323. The first-order valence-corrected chi connectivity index (χ1v) is 8.38. The monoisotopic (exact) mass is 337 g/mol. The van der Waals surface area contributed by atoms with Gasteiger partial charge in [0.1, 0.15) is 18.2 Å². The lowest BCUT2D eigenvalue weighted by atomic mass is 10.1. The quantitative estimate of drug-likeness (QED) is 0.774. The number of aryl methyl sites for hydroxylation is 2. The standard InChI is InChI=1S/C18H19N5O2/c1-12-20-21-17-7-6-13(10-23(12)17)19-18(25)11-22-9-8-16(24)14-4-2-3-5-15(14)22/h2-5,8-9,13H,6-7,10-11H2,1H3,(H,19,25)/t13-/m0/s1. The van der Waals surface area contributed by atoms with Crippen molar-refractivity contribution in [2.75, 3.05) is 0 Å². The summed E-state index contributed by atoms with van der Waals surface area (Å²) in [5.41, 5.74) is 0.737. The Bertz CT molecular complexity index is 1000. The fourth-order valence-electron chi connectivity index (χ4n) is 3.41. The van der Waals surface area contributed by atoms with Crippen LogP contribution >= 0.6 is 0 Å². The fraction of sp³-hybridized carbons (Fsp3) is 0.333. The molecule has 1 amide bonds. The number of nitrogens with zero attached hydrogens (tertiary/aromatic N) is 4. The number of carbonyl (C=O) groups is 1. The SMILES string of the molecule is Cc1nnc2n1C[C@@H](NC(=O)Cn1ccc(=O)c3ccccc31)CC2. The number of pyridine rings is 1. The molecule has 128 valence electrons. The lowest BCUT2D eigenvalue weighted by molar-refractivity contribution is -0.122. The molecule has 7 heteroatoms. The molecule has 3 aromatic rings. The van der Waals surface area contributed by atoms with Gasteiger partial charge in [0.25, 0.3) is 0 Å². The highest BCUT2D eigenvalue weighted by Gasteiger charge is 2.22. The first-order valence-electron chi connectivity index (χ1n) is 8.38. The van der Waals surface area contributed by atoms with Crippen molar-refractivity contribution < 1.29 is 4.79 Å². The zero-order chi connectivity index (χ0) is 17.4. The van der Waals surface area contributed by atoms with Crippen LogP contribution in [0, 0.1) is 6.92 Å². The van der Waals surface area contributed by atoms with Crippen LogP contribution in [-0.2, 0) is 24.3 Å². The first kappa shape index (κ1) is 15.6. The van der Waals surface area contributed by atoms with Crippen molar-refractivity contribution in [2.24, 2.45) is 0 Å². The number of benzene rings is 1. The van der Waals surface area contributed by atoms with Crippen molar-refractivity contribution in [3.05, 3.63) is 58.4 Å². The summed E-state index contributed by atoms with van der Waals surface area (Å²) in [4.78, 5) is 24.4. The normalized spacial score (nSPS) is 16.6. The molecule has 7 nitrogen and oxygen atoms in total. The Morgan fingerprint density at radius 3 is 3.00 bits per heavy atom. The molecule has 0 radical (unpaired) electrons. The van der Waals surface area contributed by atoms with Crippen LogP contribution in [-0.4, -0.2) is 31.3 Å². The molecule has 3 heterocycles. The van der Waals surface area contributed by atoms with Gasteiger partial charge in [0.15, 0.2) is 5.43 Å². The van der Waals surface area contributed by atoms with Crippen molar-refractivity contribution in [2.45, 2.75) is 38.9 Å². The number of hydrogen-bond acceptors (Lipinski definition) is 4. The van der Waals surface area contributed by atoms with Gasteiger partial charge in [-0.3, -0.25) is 9.59 Å². The molecular formula is C18H19N5O2. The van der Waals surface area contributed by atoms with Gasteiger partial charge in [-0.2, -0.15) is 0 Å². The molecule has 1 aliphatic rings. The van der Waals surface area contributed by atoms with Gasteiger partial charge in [-0.05, 0) is 25.5 Å². The van der Waals surface area contributed by atoms with Gasteiger partial charge in [-0.1, -0.05) is 12.1 Å². The first-order chi connectivity index (χ1) is 12.1. The average Bonchev–Trinajstić information content (AvgIpc) is 2.98. The summed E-state index contributed by atoms with van der Waals surface area (Å²) in [6.45, 7) is 2.81. The van der Waals surface area contributed by atoms with E-state index in [1.165, 1.54) is 6.07 Å². The molecule has 0 aliphatic carbocycles. The maximum atomic E-state index is 12.5. The molecule has 4 rings (SSSR count). The van der Waals surface area contributed by atoms with Crippen LogP contribution in [0.3, 0.4) is 0 Å². The predicted octanol–water partition coefficient (Wildman–Crippen LogP) is 1.03. The Kier molecular flexibility index (Phi) is 3.83. The predicted molar refractivity (Wildman–Crippen MR) is 93.2 cm³/mol. The molecule has 1 N–H and O–H groups in total. The van der Waals surface area contributed by atoms with Crippen LogP contribution in [0.1, 0.15) is 18.1 Å². The number of para-hydroxylation sites is 1. The molecule has 0 bridgehead atoms. The van der Waals surface area contributed by atoms with Crippen LogP contribution in [0.2, 0.25) is 0 Å². The summed E-state index contributed by atoms with van der Waals surface area (Å²) in [5.74, 6) is 1.79. The Balaban J connectivity index is 1.49. The van der Waals surface area contributed by atoms with Crippen molar-refractivity contribution in [1.82, 2.24) is 24.6 Å². The summed E-state index contributed by atoms with van der Waals surface area (Å²) in [6, 6.07) is 8.91. The minimum Gasteiger partial charge on any atom is -0.350 e. The highest BCUT2D eigenvalue weighted by Crippen LogP contribution is 2.15. The molecule has 25 heavy (non-hydrogen) atoms. The lowest BCUT2D eigenvalue weighted by Gasteiger charge is -2.25. The van der Waals surface area contributed by atoms with Crippen LogP contribution in [0.15, 0.2) is 41.3 Å². The highest BCUT2D eigenvalue weighted by atomic mass is 16.2. The molecule has 0 saturated heterocycles. The maximum Gasteiger partial charge on any atom is 0.240 e. The van der Waals surface area contributed by atoms with Crippen LogP contribution in [0.25, 0.3) is 10.9 Å². The van der Waals surface area contributed by atoms with E-state index >= 15 is 0 Å². The van der Waals surface area contributed by atoms with Gasteiger partial charge in [-0.25, -0.2) is 0 Å². The van der Waals surface area contributed by atoms with E-state index in [2.05, 4.69) is 20.1 Å². The number of nitrogens with one attached hydrogen (secondary N) is 1. The summed E-state index contributed by atoms with van der Waals surface area (Å²) < 4.78 is 3.87. The number of fused-ring (bicyclic) bond motifs is 2. The Morgan fingerprint density at radius 1 is 1.28 bits per heavy atom. The van der Waals surface area contributed by atoms with Crippen LogP contribution in [0.4, 0.5) is 0 Å². The average molecular weight is 337 g/mol. The molecule has 0 spiro atoms. The third kappa shape index (κ3) is 2.93. The Morgan fingerprint density at radius 2 is 2.12 bits per heavy atom. The topological polar surface area (TPSA) is 81.8 Å². The zero-order valence-electron chi connectivity index (χ0n) is 14.0. The van der Waals surface area contributed by atoms with E-state index < -0.39 is 0 Å². The van der Waals surface area contributed by atoms with E-state index in [4.69, 9.17) is 0 Å². The summed E-state index contributed by atoms with van der Waals surface area (Å²) in [5, 5.41) is 12.0. The zero-order valence-corrected chi connectivity index (χ0v) is 14.0. The number of aromatic nitrogens is 4. The number of hydrogen-bond donors (Lipinski definition) is 1. The minimum atomic E-state index is -0.0621. The molecule has 1 aromatic carbocycles. The molecule has 0 unspecified atom stereocenters. The van der Waals surface area contributed by atoms with Gasteiger partial charge in [-0.15, -0.1) is 10.2 Å². The second-order valence-corrected chi connectivity index (χ2v) is 6.40. The molecule has 2 aromatic heterocycles. The largest absolute Gasteiger partial charge is 0.350 e. The third-order valence-electron chi connectivity index (χ3n) is 4.70. The number of carbonyl (C=O) groups excluding carboxylic acids is 1. The second kappa shape index (κ2) is 6.16. The van der Waals surface area contributed by atoms with Crippen molar-refractivity contribution >= 4 is 16.8 Å².